The highest BCUT2D eigenvalue weighted by molar-refractivity contribution is 5.94. The largest absolute Gasteiger partial charge is 0.352 e. The van der Waals surface area contributed by atoms with E-state index in [1.807, 2.05) is 19.1 Å². The van der Waals surface area contributed by atoms with Gasteiger partial charge in [-0.1, -0.05) is 31.4 Å². The molecule has 0 bridgehead atoms. The summed E-state index contributed by atoms with van der Waals surface area (Å²) in [7, 11) is 0. The van der Waals surface area contributed by atoms with Crippen LogP contribution in [0.15, 0.2) is 30.3 Å². The molecule has 0 radical (unpaired) electrons. The Bertz CT molecular complexity index is 759. The Morgan fingerprint density at radius 2 is 1.88 bits per heavy atom. The van der Waals surface area contributed by atoms with Crippen molar-refractivity contribution in [3.05, 3.63) is 47.2 Å². The van der Waals surface area contributed by atoms with Crippen LogP contribution in [0.4, 0.5) is 5.82 Å². The molecule has 2 heterocycles. The highest BCUT2D eigenvalue weighted by Gasteiger charge is 2.19. The molecule has 1 aromatic carbocycles. The van der Waals surface area contributed by atoms with E-state index in [9.17, 15) is 4.79 Å². The Hall–Kier alpha value is -2.30. The summed E-state index contributed by atoms with van der Waals surface area (Å²) >= 11 is 0. The second-order valence-corrected chi connectivity index (χ2v) is 7.65. The topological polar surface area (TPSA) is 50.2 Å². The van der Waals surface area contributed by atoms with Crippen LogP contribution in [0.3, 0.4) is 0 Å². The van der Waals surface area contributed by atoms with Crippen LogP contribution in [0.5, 0.6) is 0 Å². The standard InChI is InChI=1S/C21H28N4O/c1-16-14-20-24(12-5-13-25(20)23-16)15-17-8-10-18(11-9-17)21(26)22-19-6-3-2-4-7-19/h8-11,14,19H,2-7,12-13,15H2,1H3,(H,22,26). The highest BCUT2D eigenvalue weighted by Crippen LogP contribution is 2.24. The van der Waals surface area contributed by atoms with Gasteiger partial charge in [-0.25, -0.2) is 4.68 Å². The first-order chi connectivity index (χ1) is 12.7. The molecule has 1 fully saturated rings. The van der Waals surface area contributed by atoms with Gasteiger partial charge in [-0.2, -0.15) is 5.10 Å². The van der Waals surface area contributed by atoms with Gasteiger partial charge in [-0.3, -0.25) is 4.79 Å². The number of hydrogen-bond donors (Lipinski definition) is 1. The van der Waals surface area contributed by atoms with Crippen LogP contribution in [-0.2, 0) is 13.1 Å². The monoisotopic (exact) mass is 352 g/mol. The lowest BCUT2D eigenvalue weighted by atomic mass is 9.95. The zero-order chi connectivity index (χ0) is 17.9. The Morgan fingerprint density at radius 3 is 2.65 bits per heavy atom. The summed E-state index contributed by atoms with van der Waals surface area (Å²) < 4.78 is 2.10. The number of aryl methyl sites for hydroxylation is 2. The van der Waals surface area contributed by atoms with Gasteiger partial charge in [0.15, 0.2) is 0 Å². The van der Waals surface area contributed by atoms with E-state index in [-0.39, 0.29) is 5.91 Å². The Morgan fingerprint density at radius 1 is 1.12 bits per heavy atom. The quantitative estimate of drug-likeness (QED) is 0.913. The van der Waals surface area contributed by atoms with Crippen LogP contribution < -0.4 is 10.2 Å². The second kappa shape index (κ2) is 7.52. The molecule has 1 N–H and O–H groups in total. The molecular weight excluding hydrogens is 324 g/mol. The summed E-state index contributed by atoms with van der Waals surface area (Å²) in [6, 6.07) is 10.6. The fraction of sp³-hybridized carbons (Fsp3) is 0.524. The van der Waals surface area contributed by atoms with Gasteiger partial charge in [0, 0.05) is 37.3 Å². The van der Waals surface area contributed by atoms with Crippen molar-refractivity contribution in [1.29, 1.82) is 0 Å². The number of carbonyl (C=O) groups excluding carboxylic acids is 1. The molecule has 0 saturated heterocycles. The van der Waals surface area contributed by atoms with Crippen molar-refractivity contribution in [2.24, 2.45) is 0 Å². The lowest BCUT2D eigenvalue weighted by Crippen LogP contribution is -2.36. The minimum Gasteiger partial charge on any atom is -0.352 e. The number of nitrogens with one attached hydrogen (secondary N) is 1. The van der Waals surface area contributed by atoms with Gasteiger partial charge in [-0.15, -0.1) is 0 Å². The molecule has 2 aliphatic rings. The zero-order valence-corrected chi connectivity index (χ0v) is 15.6. The summed E-state index contributed by atoms with van der Waals surface area (Å²) in [5.74, 6) is 1.27. The summed E-state index contributed by atoms with van der Waals surface area (Å²) in [4.78, 5) is 14.8. The first kappa shape index (κ1) is 17.1. The first-order valence-electron chi connectivity index (χ1n) is 9.88. The van der Waals surface area contributed by atoms with Crippen LogP contribution in [0, 0.1) is 6.92 Å². The van der Waals surface area contributed by atoms with Gasteiger partial charge < -0.3 is 10.2 Å². The number of rotatable bonds is 4. The molecule has 4 rings (SSSR count). The maximum Gasteiger partial charge on any atom is 0.251 e. The lowest BCUT2D eigenvalue weighted by Gasteiger charge is -2.29. The molecule has 5 nitrogen and oxygen atoms in total. The molecule has 0 atom stereocenters. The molecule has 1 amide bonds. The third-order valence-electron chi connectivity index (χ3n) is 5.53. The molecule has 138 valence electrons. The summed E-state index contributed by atoms with van der Waals surface area (Å²) in [6.45, 7) is 4.95. The normalized spacial score (nSPS) is 17.8. The van der Waals surface area contributed by atoms with Crippen molar-refractivity contribution in [2.75, 3.05) is 11.4 Å². The van der Waals surface area contributed by atoms with Crippen molar-refractivity contribution < 1.29 is 4.79 Å². The molecule has 0 spiro atoms. The number of amides is 1. The fourth-order valence-electron chi connectivity index (χ4n) is 4.13. The molecule has 1 aromatic heterocycles. The van der Waals surface area contributed by atoms with Gasteiger partial charge in [0.05, 0.1) is 5.69 Å². The smallest absolute Gasteiger partial charge is 0.251 e. The van der Waals surface area contributed by atoms with E-state index in [1.165, 1.54) is 30.6 Å². The predicted octanol–water partition coefficient (Wildman–Crippen LogP) is 3.66. The van der Waals surface area contributed by atoms with Gasteiger partial charge in [0.1, 0.15) is 5.82 Å². The number of nitrogens with zero attached hydrogens (tertiary/aromatic N) is 3. The Balaban J connectivity index is 1.39. The SMILES string of the molecule is Cc1cc2n(n1)CCCN2Cc1ccc(C(=O)NC2CCCCC2)cc1. The summed E-state index contributed by atoms with van der Waals surface area (Å²) in [5.41, 5.74) is 3.06. The highest BCUT2D eigenvalue weighted by atomic mass is 16.1. The van der Waals surface area contributed by atoms with Gasteiger partial charge in [0.25, 0.3) is 5.91 Å². The van der Waals surface area contributed by atoms with Gasteiger partial charge in [-0.05, 0) is 43.9 Å². The van der Waals surface area contributed by atoms with Crippen molar-refractivity contribution >= 4 is 11.7 Å². The number of hydrogen-bond acceptors (Lipinski definition) is 3. The molecule has 0 unspecified atom stereocenters. The fourth-order valence-corrected chi connectivity index (χ4v) is 4.13. The second-order valence-electron chi connectivity index (χ2n) is 7.65. The predicted molar refractivity (Wildman–Crippen MR) is 103 cm³/mol. The maximum atomic E-state index is 12.4. The van der Waals surface area contributed by atoms with E-state index >= 15 is 0 Å². The molecule has 2 aromatic rings. The van der Waals surface area contributed by atoms with Crippen molar-refractivity contribution in [3.63, 3.8) is 0 Å². The molecule has 1 aliphatic heterocycles. The number of benzene rings is 1. The number of fused-ring (bicyclic) bond motifs is 1. The van der Waals surface area contributed by atoms with Crippen LogP contribution in [0.25, 0.3) is 0 Å². The molecule has 1 saturated carbocycles. The van der Waals surface area contributed by atoms with Crippen LogP contribution in [0.2, 0.25) is 0 Å². The minimum atomic E-state index is 0.0649. The summed E-state index contributed by atoms with van der Waals surface area (Å²) in [5, 5.41) is 7.75. The van der Waals surface area contributed by atoms with Gasteiger partial charge in [0.2, 0.25) is 0 Å². The number of aromatic nitrogens is 2. The molecule has 26 heavy (non-hydrogen) atoms. The summed E-state index contributed by atoms with van der Waals surface area (Å²) in [6.07, 6.45) is 7.12. The van der Waals surface area contributed by atoms with Crippen molar-refractivity contribution in [3.8, 4) is 0 Å². The van der Waals surface area contributed by atoms with Crippen LogP contribution in [0.1, 0.15) is 60.1 Å². The van der Waals surface area contributed by atoms with E-state index in [4.69, 9.17) is 0 Å². The van der Waals surface area contributed by atoms with E-state index < -0.39 is 0 Å². The van der Waals surface area contributed by atoms with Crippen LogP contribution in [-0.4, -0.2) is 28.3 Å². The third kappa shape index (κ3) is 3.76. The Kier molecular flexibility index (Phi) is 4.96. The average molecular weight is 352 g/mol. The van der Waals surface area contributed by atoms with Crippen LogP contribution >= 0.6 is 0 Å². The zero-order valence-electron chi connectivity index (χ0n) is 15.6. The van der Waals surface area contributed by atoms with E-state index in [0.29, 0.717) is 6.04 Å². The van der Waals surface area contributed by atoms with Crippen molar-refractivity contribution in [1.82, 2.24) is 15.1 Å². The number of anilines is 1. The number of carbonyl (C=O) groups is 1. The lowest BCUT2D eigenvalue weighted by molar-refractivity contribution is 0.0927. The van der Waals surface area contributed by atoms with E-state index in [1.54, 1.807) is 0 Å². The van der Waals surface area contributed by atoms with E-state index in [0.717, 1.165) is 50.2 Å². The first-order valence-corrected chi connectivity index (χ1v) is 9.88. The molecule has 1 aliphatic carbocycles. The van der Waals surface area contributed by atoms with Gasteiger partial charge >= 0.3 is 0 Å². The molecule has 5 heteroatoms. The van der Waals surface area contributed by atoms with E-state index in [2.05, 4.69) is 38.2 Å². The van der Waals surface area contributed by atoms with Crippen molar-refractivity contribution in [2.45, 2.75) is 64.6 Å². The average Bonchev–Trinajstić information content (AvgIpc) is 3.04. The minimum absolute atomic E-state index is 0.0649. The maximum absolute atomic E-state index is 12.4. The molecular formula is C21H28N4O. The Labute approximate surface area is 155 Å². The third-order valence-corrected chi connectivity index (χ3v) is 5.53.